The molecule has 164 valence electrons. The second-order valence-electron chi connectivity index (χ2n) is 7.58. The number of nitrogens with zero attached hydrogens (tertiary/aromatic N) is 5. The van der Waals surface area contributed by atoms with E-state index in [9.17, 15) is 9.90 Å². The number of hydrogen-bond donors (Lipinski definition) is 2. The Labute approximate surface area is 189 Å². The number of aliphatic hydroxyl groups is 2. The third kappa shape index (κ3) is 4.38. The van der Waals surface area contributed by atoms with Gasteiger partial charge in [-0.25, -0.2) is 15.0 Å². The highest BCUT2D eigenvalue weighted by Gasteiger charge is 2.17. The van der Waals surface area contributed by atoms with Crippen LogP contribution in [0.3, 0.4) is 0 Å². The van der Waals surface area contributed by atoms with Gasteiger partial charge in [-0.1, -0.05) is 23.7 Å². The van der Waals surface area contributed by atoms with Crippen molar-refractivity contribution in [2.24, 2.45) is 0 Å². The molecule has 0 bridgehead atoms. The summed E-state index contributed by atoms with van der Waals surface area (Å²) in [5, 5.41) is 20.0. The summed E-state index contributed by atoms with van der Waals surface area (Å²) >= 11 is 6.60. The number of benzene rings is 1. The first-order valence-corrected chi connectivity index (χ1v) is 10.5. The zero-order chi connectivity index (χ0) is 22.8. The summed E-state index contributed by atoms with van der Waals surface area (Å²) in [5.41, 5.74) is 3.43. The number of fused-ring (bicyclic) bond motifs is 1. The molecule has 0 spiro atoms. The van der Waals surface area contributed by atoms with Gasteiger partial charge in [0, 0.05) is 46.0 Å². The molecule has 0 fully saturated rings. The van der Waals surface area contributed by atoms with Crippen LogP contribution in [0.2, 0.25) is 5.02 Å². The number of aromatic nitrogens is 5. The molecule has 9 heteroatoms. The number of hydrogen-bond acceptors (Lipinski definition) is 7. The Kier molecular flexibility index (Phi) is 6.27. The maximum Gasteiger partial charge on any atom is 0.260 e. The standard InChI is InChI=1S/C23H22ClN5O3/c1-13-9-25-11-21(27-13)15-3-4-18(20(24)8-15)19-7-16-10-26-14(2)28-22(16)29(23(19)32)6-5-17(31)12-30/h3-4,7-11,17,30-31H,5-6,12H2,1-2H3/t17-/m1/s1. The molecular weight excluding hydrogens is 430 g/mol. The van der Waals surface area contributed by atoms with E-state index in [2.05, 4.69) is 19.9 Å². The van der Waals surface area contributed by atoms with Crippen molar-refractivity contribution in [3.8, 4) is 22.4 Å². The van der Waals surface area contributed by atoms with Crippen molar-refractivity contribution in [2.75, 3.05) is 6.61 Å². The van der Waals surface area contributed by atoms with E-state index in [0.29, 0.717) is 38.7 Å². The SMILES string of the molecule is Cc1cncc(-c2ccc(-c3cc4cnc(C)nc4n(CC[C@@H](O)CO)c3=O)c(Cl)c2)n1. The molecule has 0 aliphatic heterocycles. The lowest BCUT2D eigenvalue weighted by atomic mass is 10.0. The fourth-order valence-electron chi connectivity index (χ4n) is 3.51. The molecule has 1 atom stereocenters. The number of halogens is 1. The zero-order valence-electron chi connectivity index (χ0n) is 17.7. The molecule has 0 aliphatic rings. The lowest BCUT2D eigenvalue weighted by molar-refractivity contribution is 0.0847. The highest BCUT2D eigenvalue weighted by molar-refractivity contribution is 6.33. The van der Waals surface area contributed by atoms with E-state index in [4.69, 9.17) is 16.7 Å². The minimum absolute atomic E-state index is 0.190. The summed E-state index contributed by atoms with van der Waals surface area (Å²) in [6.07, 6.45) is 4.27. The summed E-state index contributed by atoms with van der Waals surface area (Å²) in [4.78, 5) is 30.7. The topological polar surface area (TPSA) is 114 Å². The number of rotatable bonds is 6. The Morgan fingerprint density at radius 2 is 1.91 bits per heavy atom. The van der Waals surface area contributed by atoms with Crippen LogP contribution in [-0.4, -0.2) is 47.4 Å². The third-order valence-electron chi connectivity index (χ3n) is 5.15. The van der Waals surface area contributed by atoms with Crippen LogP contribution in [0, 0.1) is 13.8 Å². The third-order valence-corrected chi connectivity index (χ3v) is 5.47. The molecule has 4 aromatic rings. The quantitative estimate of drug-likeness (QED) is 0.463. The van der Waals surface area contributed by atoms with Crippen molar-refractivity contribution in [3.05, 3.63) is 69.8 Å². The molecule has 0 unspecified atom stereocenters. The van der Waals surface area contributed by atoms with Crippen molar-refractivity contribution in [1.29, 1.82) is 0 Å². The monoisotopic (exact) mass is 451 g/mol. The van der Waals surface area contributed by atoms with Crippen LogP contribution in [0.1, 0.15) is 17.9 Å². The predicted octanol–water partition coefficient (Wildman–Crippen LogP) is 2.93. The van der Waals surface area contributed by atoms with E-state index in [1.165, 1.54) is 4.57 Å². The summed E-state index contributed by atoms with van der Waals surface area (Å²) in [7, 11) is 0. The van der Waals surface area contributed by atoms with Gasteiger partial charge in [0.25, 0.3) is 5.56 Å². The van der Waals surface area contributed by atoms with E-state index >= 15 is 0 Å². The fourth-order valence-corrected chi connectivity index (χ4v) is 3.79. The van der Waals surface area contributed by atoms with Crippen LogP contribution in [0.4, 0.5) is 0 Å². The van der Waals surface area contributed by atoms with Gasteiger partial charge in [0.2, 0.25) is 0 Å². The average molecular weight is 452 g/mol. The molecule has 0 saturated carbocycles. The van der Waals surface area contributed by atoms with E-state index in [0.717, 1.165) is 11.3 Å². The minimum atomic E-state index is -0.929. The Morgan fingerprint density at radius 3 is 2.62 bits per heavy atom. The normalized spacial score (nSPS) is 12.3. The Morgan fingerprint density at radius 1 is 1.09 bits per heavy atom. The lowest BCUT2D eigenvalue weighted by Gasteiger charge is -2.15. The largest absolute Gasteiger partial charge is 0.394 e. The van der Waals surface area contributed by atoms with Crippen molar-refractivity contribution >= 4 is 22.6 Å². The Hall–Kier alpha value is -3.20. The number of aliphatic hydroxyl groups excluding tert-OH is 2. The van der Waals surface area contributed by atoms with Gasteiger partial charge >= 0.3 is 0 Å². The van der Waals surface area contributed by atoms with Crippen molar-refractivity contribution < 1.29 is 10.2 Å². The van der Waals surface area contributed by atoms with Gasteiger partial charge in [0.15, 0.2) is 0 Å². The van der Waals surface area contributed by atoms with Crippen LogP contribution in [0.15, 0.2) is 47.7 Å². The highest BCUT2D eigenvalue weighted by Crippen LogP contribution is 2.31. The average Bonchev–Trinajstić information content (AvgIpc) is 2.78. The van der Waals surface area contributed by atoms with Gasteiger partial charge in [-0.15, -0.1) is 0 Å². The Bertz CT molecular complexity index is 1360. The molecular formula is C23H22ClN5O3. The van der Waals surface area contributed by atoms with Crippen molar-refractivity contribution in [2.45, 2.75) is 32.9 Å². The summed E-state index contributed by atoms with van der Waals surface area (Å²) in [5.74, 6) is 0.530. The maximum absolute atomic E-state index is 13.4. The van der Waals surface area contributed by atoms with Gasteiger partial charge in [-0.2, -0.15) is 0 Å². The first-order chi connectivity index (χ1) is 15.4. The molecule has 0 aliphatic carbocycles. The van der Waals surface area contributed by atoms with Gasteiger partial charge < -0.3 is 10.2 Å². The highest BCUT2D eigenvalue weighted by atomic mass is 35.5. The van der Waals surface area contributed by atoms with Crippen molar-refractivity contribution in [1.82, 2.24) is 24.5 Å². The summed E-state index contributed by atoms with van der Waals surface area (Å²) in [6.45, 7) is 3.42. The second kappa shape index (κ2) is 9.12. The van der Waals surface area contributed by atoms with E-state index in [1.807, 2.05) is 13.0 Å². The second-order valence-corrected chi connectivity index (χ2v) is 7.98. The predicted molar refractivity (Wildman–Crippen MR) is 122 cm³/mol. The molecule has 32 heavy (non-hydrogen) atoms. The van der Waals surface area contributed by atoms with E-state index in [1.54, 1.807) is 43.7 Å². The molecule has 2 N–H and O–H groups in total. The van der Waals surface area contributed by atoms with Gasteiger partial charge in [-0.05, 0) is 32.4 Å². The number of pyridine rings is 1. The maximum atomic E-state index is 13.4. The molecule has 0 radical (unpaired) electrons. The van der Waals surface area contributed by atoms with Crippen LogP contribution in [-0.2, 0) is 6.54 Å². The summed E-state index contributed by atoms with van der Waals surface area (Å²) < 4.78 is 1.49. The minimum Gasteiger partial charge on any atom is -0.394 e. The van der Waals surface area contributed by atoms with Crippen LogP contribution < -0.4 is 5.56 Å². The molecule has 3 heterocycles. The Balaban J connectivity index is 1.84. The fraction of sp³-hybridized carbons (Fsp3) is 0.261. The molecule has 0 amide bonds. The van der Waals surface area contributed by atoms with Crippen LogP contribution in [0.5, 0.6) is 0 Å². The lowest BCUT2D eigenvalue weighted by Crippen LogP contribution is -2.26. The molecule has 8 nitrogen and oxygen atoms in total. The van der Waals surface area contributed by atoms with Gasteiger partial charge in [0.05, 0.1) is 30.3 Å². The van der Waals surface area contributed by atoms with E-state index in [-0.39, 0.29) is 25.1 Å². The zero-order valence-corrected chi connectivity index (χ0v) is 18.4. The smallest absolute Gasteiger partial charge is 0.260 e. The van der Waals surface area contributed by atoms with Crippen molar-refractivity contribution in [3.63, 3.8) is 0 Å². The first-order valence-electron chi connectivity index (χ1n) is 10.1. The van der Waals surface area contributed by atoms with Crippen LogP contribution in [0.25, 0.3) is 33.4 Å². The van der Waals surface area contributed by atoms with Crippen LogP contribution >= 0.6 is 11.6 Å². The van der Waals surface area contributed by atoms with Gasteiger partial charge in [-0.3, -0.25) is 14.3 Å². The van der Waals surface area contributed by atoms with E-state index < -0.39 is 6.10 Å². The molecule has 3 aromatic heterocycles. The molecule has 1 aromatic carbocycles. The van der Waals surface area contributed by atoms with Gasteiger partial charge in [0.1, 0.15) is 11.5 Å². The number of aryl methyl sites for hydroxylation is 3. The summed E-state index contributed by atoms with van der Waals surface area (Å²) in [6, 6.07) is 7.12. The first kappa shape index (κ1) is 22.0. The molecule has 4 rings (SSSR count). The molecule has 0 saturated heterocycles.